The molecular weight excluding hydrogens is 270 g/mol. The second-order valence-corrected chi connectivity index (χ2v) is 5.22. The maximum absolute atomic E-state index is 11.9. The van der Waals surface area contributed by atoms with Gasteiger partial charge in [-0.15, -0.1) is 0 Å². The zero-order valence-corrected chi connectivity index (χ0v) is 12.8. The lowest BCUT2D eigenvalue weighted by Crippen LogP contribution is -2.45. The van der Waals surface area contributed by atoms with Crippen molar-refractivity contribution >= 4 is 11.6 Å². The van der Waals surface area contributed by atoms with Crippen molar-refractivity contribution in [2.24, 2.45) is 0 Å². The van der Waals surface area contributed by atoms with E-state index in [0.717, 1.165) is 18.4 Å². The molecule has 0 spiro atoms. The topological polar surface area (TPSA) is 84.3 Å². The lowest BCUT2D eigenvalue weighted by molar-refractivity contribution is -0.384. The van der Waals surface area contributed by atoms with E-state index >= 15 is 0 Å². The van der Waals surface area contributed by atoms with Gasteiger partial charge in [-0.05, 0) is 25.8 Å². The van der Waals surface area contributed by atoms with Crippen LogP contribution in [-0.4, -0.2) is 22.9 Å². The molecule has 2 unspecified atom stereocenters. The highest BCUT2D eigenvalue weighted by molar-refractivity contribution is 5.81. The van der Waals surface area contributed by atoms with E-state index in [-0.39, 0.29) is 23.7 Å². The molecule has 0 fully saturated rings. The normalized spacial score (nSPS) is 13.5. The number of nitro benzene ring substituents is 1. The van der Waals surface area contributed by atoms with Gasteiger partial charge >= 0.3 is 0 Å². The third-order valence-electron chi connectivity index (χ3n) is 3.26. The summed E-state index contributed by atoms with van der Waals surface area (Å²) >= 11 is 0. The van der Waals surface area contributed by atoms with E-state index in [1.165, 1.54) is 12.1 Å². The Morgan fingerprint density at radius 2 is 1.90 bits per heavy atom. The lowest BCUT2D eigenvalue weighted by atomic mass is 10.1. The Balaban J connectivity index is 2.43. The first-order valence-electron chi connectivity index (χ1n) is 7.21. The van der Waals surface area contributed by atoms with E-state index in [1.54, 1.807) is 19.1 Å². The van der Waals surface area contributed by atoms with Crippen LogP contribution in [0.15, 0.2) is 24.3 Å². The van der Waals surface area contributed by atoms with Crippen LogP contribution in [0.25, 0.3) is 0 Å². The summed E-state index contributed by atoms with van der Waals surface area (Å²) in [6, 6.07) is 6.17. The van der Waals surface area contributed by atoms with Crippen molar-refractivity contribution in [3.8, 4) is 0 Å². The van der Waals surface area contributed by atoms with Crippen LogP contribution in [0.3, 0.4) is 0 Å². The second-order valence-electron chi connectivity index (χ2n) is 5.22. The summed E-state index contributed by atoms with van der Waals surface area (Å²) in [5.41, 5.74) is 0.972. The molecular formula is C15H23N3O3. The fourth-order valence-corrected chi connectivity index (χ4v) is 1.97. The fourth-order valence-electron chi connectivity index (χ4n) is 1.97. The second kappa shape index (κ2) is 8.36. The molecule has 1 rings (SSSR count). The van der Waals surface area contributed by atoms with Gasteiger partial charge in [0.25, 0.3) is 5.69 Å². The van der Waals surface area contributed by atoms with Gasteiger partial charge < -0.3 is 10.6 Å². The van der Waals surface area contributed by atoms with Crippen LogP contribution in [-0.2, 0) is 11.3 Å². The van der Waals surface area contributed by atoms with Crippen LogP contribution < -0.4 is 10.6 Å². The summed E-state index contributed by atoms with van der Waals surface area (Å²) in [6.45, 7) is 6.37. The van der Waals surface area contributed by atoms with Gasteiger partial charge in [0.1, 0.15) is 0 Å². The number of rotatable bonds is 8. The van der Waals surface area contributed by atoms with Crippen molar-refractivity contribution in [1.82, 2.24) is 10.6 Å². The van der Waals surface area contributed by atoms with Crippen molar-refractivity contribution in [1.29, 1.82) is 0 Å². The number of carbonyl (C=O) groups excluding carboxylic acids is 1. The van der Waals surface area contributed by atoms with Crippen LogP contribution in [0.2, 0.25) is 0 Å². The van der Waals surface area contributed by atoms with Gasteiger partial charge in [-0.2, -0.15) is 0 Å². The first-order chi connectivity index (χ1) is 9.93. The third-order valence-corrected chi connectivity index (χ3v) is 3.26. The SMILES string of the molecule is CCCC(C)NC(=O)C(C)NCc1ccc([N+](=O)[O-])cc1. The molecule has 0 aliphatic carbocycles. The van der Waals surface area contributed by atoms with Crippen LogP contribution >= 0.6 is 0 Å². The van der Waals surface area contributed by atoms with E-state index in [9.17, 15) is 14.9 Å². The first-order valence-corrected chi connectivity index (χ1v) is 7.21. The number of hydrogen-bond acceptors (Lipinski definition) is 4. The molecule has 1 aromatic carbocycles. The number of nitro groups is 1. The predicted molar refractivity (Wildman–Crippen MR) is 81.9 cm³/mol. The van der Waals surface area contributed by atoms with Gasteiger partial charge in [0, 0.05) is 24.7 Å². The van der Waals surface area contributed by atoms with Crippen molar-refractivity contribution < 1.29 is 9.72 Å². The number of hydrogen-bond donors (Lipinski definition) is 2. The number of nitrogens with zero attached hydrogens (tertiary/aromatic N) is 1. The molecule has 21 heavy (non-hydrogen) atoms. The maximum atomic E-state index is 11.9. The molecule has 0 heterocycles. The van der Waals surface area contributed by atoms with Gasteiger partial charge in [-0.25, -0.2) is 0 Å². The molecule has 0 aromatic heterocycles. The standard InChI is InChI=1S/C15H23N3O3/c1-4-5-11(2)17-15(19)12(3)16-10-13-6-8-14(9-7-13)18(20)21/h6-9,11-12,16H,4-5,10H2,1-3H3,(H,17,19). The Labute approximate surface area is 125 Å². The Kier molecular flexibility index (Phi) is 6.81. The first kappa shape index (κ1) is 17.1. The van der Waals surface area contributed by atoms with Crippen molar-refractivity contribution in [2.75, 3.05) is 0 Å². The molecule has 6 heteroatoms. The molecule has 1 aromatic rings. The summed E-state index contributed by atoms with van der Waals surface area (Å²) in [5, 5.41) is 16.6. The molecule has 6 nitrogen and oxygen atoms in total. The van der Waals surface area contributed by atoms with E-state index in [2.05, 4.69) is 17.6 Å². The molecule has 0 bridgehead atoms. The molecule has 0 aliphatic rings. The lowest BCUT2D eigenvalue weighted by Gasteiger charge is -2.18. The van der Waals surface area contributed by atoms with E-state index in [1.807, 2.05) is 6.92 Å². The number of non-ortho nitro benzene ring substituents is 1. The minimum atomic E-state index is -0.428. The van der Waals surface area contributed by atoms with Crippen molar-refractivity contribution in [3.63, 3.8) is 0 Å². The number of nitrogens with one attached hydrogen (secondary N) is 2. The van der Waals surface area contributed by atoms with E-state index in [0.29, 0.717) is 6.54 Å². The average molecular weight is 293 g/mol. The van der Waals surface area contributed by atoms with E-state index in [4.69, 9.17) is 0 Å². The van der Waals surface area contributed by atoms with Crippen LogP contribution in [0.1, 0.15) is 39.2 Å². The summed E-state index contributed by atoms with van der Waals surface area (Å²) in [7, 11) is 0. The molecule has 2 atom stereocenters. The summed E-state index contributed by atoms with van der Waals surface area (Å²) in [6.07, 6.45) is 1.99. The van der Waals surface area contributed by atoms with Crippen LogP contribution in [0.5, 0.6) is 0 Å². The zero-order valence-electron chi connectivity index (χ0n) is 12.8. The predicted octanol–water partition coefficient (Wildman–Crippen LogP) is 2.38. The molecule has 2 N–H and O–H groups in total. The highest BCUT2D eigenvalue weighted by atomic mass is 16.6. The highest BCUT2D eigenvalue weighted by Crippen LogP contribution is 2.11. The summed E-state index contributed by atoms with van der Waals surface area (Å²) in [4.78, 5) is 22.1. The summed E-state index contributed by atoms with van der Waals surface area (Å²) < 4.78 is 0. The number of benzene rings is 1. The van der Waals surface area contributed by atoms with Crippen molar-refractivity contribution in [3.05, 3.63) is 39.9 Å². The number of carbonyl (C=O) groups is 1. The Bertz CT molecular complexity index is 474. The zero-order chi connectivity index (χ0) is 15.8. The average Bonchev–Trinajstić information content (AvgIpc) is 2.45. The maximum Gasteiger partial charge on any atom is 0.269 e. The minimum absolute atomic E-state index is 0.0298. The smallest absolute Gasteiger partial charge is 0.269 e. The Morgan fingerprint density at radius 3 is 2.43 bits per heavy atom. The molecule has 116 valence electrons. The fraction of sp³-hybridized carbons (Fsp3) is 0.533. The molecule has 0 aliphatic heterocycles. The monoisotopic (exact) mass is 293 g/mol. The largest absolute Gasteiger partial charge is 0.352 e. The highest BCUT2D eigenvalue weighted by Gasteiger charge is 2.14. The Hall–Kier alpha value is -1.95. The van der Waals surface area contributed by atoms with Crippen LogP contribution in [0.4, 0.5) is 5.69 Å². The Morgan fingerprint density at radius 1 is 1.29 bits per heavy atom. The van der Waals surface area contributed by atoms with Crippen LogP contribution in [0, 0.1) is 10.1 Å². The van der Waals surface area contributed by atoms with Crippen molar-refractivity contribution in [2.45, 2.75) is 52.2 Å². The van der Waals surface area contributed by atoms with Gasteiger partial charge in [0.15, 0.2) is 0 Å². The van der Waals surface area contributed by atoms with E-state index < -0.39 is 4.92 Å². The van der Waals surface area contributed by atoms with Gasteiger partial charge in [-0.3, -0.25) is 14.9 Å². The molecule has 0 radical (unpaired) electrons. The summed E-state index contributed by atoms with van der Waals surface area (Å²) in [5.74, 6) is -0.0298. The van der Waals surface area contributed by atoms with Gasteiger partial charge in [0.2, 0.25) is 5.91 Å². The molecule has 1 amide bonds. The third kappa shape index (κ3) is 5.91. The molecule has 0 saturated carbocycles. The number of amides is 1. The minimum Gasteiger partial charge on any atom is -0.352 e. The van der Waals surface area contributed by atoms with Gasteiger partial charge in [0.05, 0.1) is 11.0 Å². The van der Waals surface area contributed by atoms with Gasteiger partial charge in [-0.1, -0.05) is 25.5 Å². The quantitative estimate of drug-likeness (QED) is 0.569. The molecule has 0 saturated heterocycles.